The predicted octanol–water partition coefficient (Wildman–Crippen LogP) is 3.34. The molecule has 0 aliphatic heterocycles. The summed E-state index contributed by atoms with van der Waals surface area (Å²) in [6, 6.07) is 14.5. The Morgan fingerprint density at radius 2 is 1.77 bits per heavy atom. The third kappa shape index (κ3) is 6.84. The van der Waals surface area contributed by atoms with Crippen LogP contribution >= 0.6 is 0 Å². The summed E-state index contributed by atoms with van der Waals surface area (Å²) in [7, 11) is 0. The van der Waals surface area contributed by atoms with Crippen molar-refractivity contribution < 1.29 is 23.8 Å². The molecule has 0 bridgehead atoms. The van der Waals surface area contributed by atoms with Crippen LogP contribution in [0.2, 0.25) is 0 Å². The fourth-order valence-corrected chi connectivity index (χ4v) is 2.17. The molecule has 6 heteroatoms. The van der Waals surface area contributed by atoms with Gasteiger partial charge in [0, 0.05) is 5.69 Å². The number of hydrogen-bond donors (Lipinski definition) is 1. The van der Waals surface area contributed by atoms with Gasteiger partial charge in [-0.15, -0.1) is 0 Å². The van der Waals surface area contributed by atoms with Gasteiger partial charge in [-0.3, -0.25) is 9.59 Å². The van der Waals surface area contributed by atoms with E-state index in [4.69, 9.17) is 14.2 Å². The van der Waals surface area contributed by atoms with Gasteiger partial charge in [0.25, 0.3) is 5.91 Å². The van der Waals surface area contributed by atoms with Crippen molar-refractivity contribution >= 4 is 17.6 Å². The van der Waals surface area contributed by atoms with Crippen LogP contribution in [0.5, 0.6) is 11.5 Å². The molecule has 0 aromatic heterocycles. The van der Waals surface area contributed by atoms with Gasteiger partial charge in [0.2, 0.25) is 0 Å². The Labute approximate surface area is 153 Å². The first kappa shape index (κ1) is 19.3. The summed E-state index contributed by atoms with van der Waals surface area (Å²) in [5.41, 5.74) is 1.69. The van der Waals surface area contributed by atoms with Crippen LogP contribution in [0.1, 0.15) is 18.9 Å². The fourth-order valence-electron chi connectivity index (χ4n) is 2.17. The van der Waals surface area contributed by atoms with Gasteiger partial charge in [-0.1, -0.05) is 12.1 Å². The van der Waals surface area contributed by atoms with Gasteiger partial charge in [0.15, 0.2) is 6.61 Å². The molecular weight excluding hydrogens is 334 g/mol. The lowest BCUT2D eigenvalue weighted by molar-refractivity contribution is -0.147. The molecule has 0 unspecified atom stereocenters. The number of carbonyl (C=O) groups is 2. The van der Waals surface area contributed by atoms with E-state index in [-0.39, 0.29) is 19.6 Å². The minimum atomic E-state index is -0.487. The molecule has 0 radical (unpaired) electrons. The quantitative estimate of drug-likeness (QED) is 0.697. The average molecular weight is 357 g/mol. The maximum Gasteiger partial charge on any atom is 0.309 e. The predicted molar refractivity (Wildman–Crippen MR) is 98.5 cm³/mol. The van der Waals surface area contributed by atoms with E-state index >= 15 is 0 Å². The normalized spacial score (nSPS) is 10.1. The number of esters is 1. The van der Waals surface area contributed by atoms with Crippen LogP contribution in [-0.2, 0) is 14.3 Å². The Morgan fingerprint density at radius 3 is 2.46 bits per heavy atom. The van der Waals surface area contributed by atoms with Crippen LogP contribution in [0.4, 0.5) is 5.69 Å². The summed E-state index contributed by atoms with van der Waals surface area (Å²) in [6.45, 7) is 4.30. The number of rotatable bonds is 9. The average Bonchev–Trinajstić information content (AvgIpc) is 2.62. The second-order valence-electron chi connectivity index (χ2n) is 5.58. The number of ether oxygens (including phenoxy) is 3. The van der Waals surface area contributed by atoms with E-state index in [2.05, 4.69) is 5.32 Å². The topological polar surface area (TPSA) is 73.9 Å². The van der Waals surface area contributed by atoms with Crippen LogP contribution in [0.25, 0.3) is 0 Å². The summed E-state index contributed by atoms with van der Waals surface area (Å²) in [5.74, 6) is 0.540. The van der Waals surface area contributed by atoms with Crippen LogP contribution in [0, 0.1) is 6.92 Å². The second-order valence-corrected chi connectivity index (χ2v) is 5.58. The zero-order valence-electron chi connectivity index (χ0n) is 15.0. The van der Waals surface area contributed by atoms with Crippen molar-refractivity contribution in [3.63, 3.8) is 0 Å². The summed E-state index contributed by atoms with van der Waals surface area (Å²) < 4.78 is 15.7. The molecule has 0 saturated carbocycles. The van der Waals surface area contributed by atoms with E-state index in [1.54, 1.807) is 24.3 Å². The lowest BCUT2D eigenvalue weighted by Crippen LogP contribution is -2.21. The van der Waals surface area contributed by atoms with E-state index in [1.807, 2.05) is 38.1 Å². The van der Waals surface area contributed by atoms with E-state index in [0.717, 1.165) is 11.3 Å². The highest BCUT2D eigenvalue weighted by molar-refractivity contribution is 5.92. The molecule has 1 amide bonds. The molecule has 1 N–H and O–H groups in total. The van der Waals surface area contributed by atoms with Crippen LogP contribution < -0.4 is 14.8 Å². The molecule has 0 atom stereocenters. The van der Waals surface area contributed by atoms with Crippen molar-refractivity contribution in [2.45, 2.75) is 20.3 Å². The Morgan fingerprint density at radius 1 is 1.00 bits per heavy atom. The van der Waals surface area contributed by atoms with Gasteiger partial charge in [-0.25, -0.2) is 0 Å². The van der Waals surface area contributed by atoms with E-state index in [1.165, 1.54) is 0 Å². The van der Waals surface area contributed by atoms with Crippen molar-refractivity contribution in [3.8, 4) is 11.5 Å². The lowest BCUT2D eigenvalue weighted by atomic mass is 10.2. The van der Waals surface area contributed by atoms with Crippen molar-refractivity contribution in [2.24, 2.45) is 0 Å². The number of amides is 1. The van der Waals surface area contributed by atoms with Gasteiger partial charge in [-0.2, -0.15) is 0 Å². The Kier molecular flexibility index (Phi) is 7.49. The number of aryl methyl sites for hydroxylation is 1. The van der Waals surface area contributed by atoms with E-state index in [9.17, 15) is 9.59 Å². The molecule has 2 aromatic carbocycles. The molecule has 0 aliphatic carbocycles. The molecule has 2 rings (SSSR count). The van der Waals surface area contributed by atoms with Crippen LogP contribution in [-0.4, -0.2) is 31.7 Å². The van der Waals surface area contributed by atoms with Gasteiger partial charge in [-0.05, 0) is 55.8 Å². The first-order chi connectivity index (χ1) is 12.6. The fraction of sp³-hybridized carbons (Fsp3) is 0.300. The number of nitrogens with one attached hydrogen (secondary N) is 1. The van der Waals surface area contributed by atoms with Crippen molar-refractivity contribution in [2.75, 3.05) is 25.1 Å². The first-order valence-electron chi connectivity index (χ1n) is 8.44. The standard InChI is InChI=1S/C20H23NO5/c1-3-24-17-9-7-16(8-10-17)21-19(22)14-26-20(23)11-12-25-18-6-4-5-15(2)13-18/h4-10,13H,3,11-12,14H2,1-2H3,(H,21,22). The SMILES string of the molecule is CCOc1ccc(NC(=O)COC(=O)CCOc2cccc(C)c2)cc1. The summed E-state index contributed by atoms with van der Waals surface area (Å²) in [4.78, 5) is 23.5. The molecular formula is C20H23NO5. The molecule has 0 saturated heterocycles. The molecule has 0 fully saturated rings. The van der Waals surface area contributed by atoms with Crippen molar-refractivity contribution in [3.05, 3.63) is 54.1 Å². The minimum Gasteiger partial charge on any atom is -0.494 e. The highest BCUT2D eigenvalue weighted by atomic mass is 16.5. The van der Waals surface area contributed by atoms with Gasteiger partial charge in [0.1, 0.15) is 11.5 Å². The number of anilines is 1. The molecule has 6 nitrogen and oxygen atoms in total. The highest BCUT2D eigenvalue weighted by Gasteiger charge is 2.08. The smallest absolute Gasteiger partial charge is 0.309 e. The number of benzene rings is 2. The first-order valence-corrected chi connectivity index (χ1v) is 8.44. The minimum absolute atomic E-state index is 0.0737. The van der Waals surface area contributed by atoms with E-state index < -0.39 is 11.9 Å². The maximum atomic E-state index is 11.8. The number of hydrogen-bond acceptors (Lipinski definition) is 5. The molecule has 0 spiro atoms. The largest absolute Gasteiger partial charge is 0.494 e. The van der Waals surface area contributed by atoms with Crippen molar-refractivity contribution in [1.82, 2.24) is 0 Å². The Bertz CT molecular complexity index is 727. The maximum absolute atomic E-state index is 11.8. The molecule has 0 aliphatic rings. The molecule has 138 valence electrons. The summed E-state index contributed by atoms with van der Waals surface area (Å²) in [5, 5.41) is 2.65. The monoisotopic (exact) mass is 357 g/mol. The van der Waals surface area contributed by atoms with Gasteiger partial charge < -0.3 is 19.5 Å². The Balaban J connectivity index is 1.65. The zero-order valence-corrected chi connectivity index (χ0v) is 15.0. The summed E-state index contributed by atoms with van der Waals surface area (Å²) >= 11 is 0. The third-order valence-electron chi connectivity index (χ3n) is 3.38. The Hall–Kier alpha value is -3.02. The molecule has 26 heavy (non-hydrogen) atoms. The second kappa shape index (κ2) is 10.1. The number of carbonyl (C=O) groups excluding carboxylic acids is 2. The third-order valence-corrected chi connectivity index (χ3v) is 3.38. The molecule has 2 aromatic rings. The van der Waals surface area contributed by atoms with E-state index in [0.29, 0.717) is 18.0 Å². The highest BCUT2D eigenvalue weighted by Crippen LogP contribution is 2.15. The van der Waals surface area contributed by atoms with Gasteiger partial charge >= 0.3 is 5.97 Å². The summed E-state index contributed by atoms with van der Waals surface area (Å²) in [6.07, 6.45) is 0.0737. The van der Waals surface area contributed by atoms with Crippen LogP contribution in [0.15, 0.2) is 48.5 Å². The van der Waals surface area contributed by atoms with Crippen molar-refractivity contribution in [1.29, 1.82) is 0 Å². The lowest BCUT2D eigenvalue weighted by Gasteiger charge is -2.09. The van der Waals surface area contributed by atoms with Crippen LogP contribution in [0.3, 0.4) is 0 Å². The van der Waals surface area contributed by atoms with Gasteiger partial charge in [0.05, 0.1) is 19.6 Å². The zero-order chi connectivity index (χ0) is 18.8. The molecule has 0 heterocycles.